The summed E-state index contributed by atoms with van der Waals surface area (Å²) in [5.74, 6) is -0.0212. The van der Waals surface area contributed by atoms with Gasteiger partial charge in [0, 0.05) is 19.7 Å². The minimum atomic E-state index is -3.89. The van der Waals surface area contributed by atoms with Gasteiger partial charge in [-0.25, -0.2) is 8.42 Å². The van der Waals surface area contributed by atoms with Crippen molar-refractivity contribution >= 4 is 44.6 Å². The predicted octanol–water partition coefficient (Wildman–Crippen LogP) is 2.32. The minimum absolute atomic E-state index is 0.0333. The van der Waals surface area contributed by atoms with Crippen molar-refractivity contribution in [2.75, 3.05) is 41.3 Å². The molecule has 1 N–H and O–H groups in total. The summed E-state index contributed by atoms with van der Waals surface area (Å²) in [6.07, 6.45) is 0. The maximum Gasteiger partial charge on any atom is 0.266 e. The van der Waals surface area contributed by atoms with E-state index in [9.17, 15) is 13.2 Å². The lowest BCUT2D eigenvalue weighted by atomic mass is 10.2. The number of carbonyl (C=O) groups excluding carboxylic acids is 1. The summed E-state index contributed by atoms with van der Waals surface area (Å²) >= 11 is 6.25. The summed E-state index contributed by atoms with van der Waals surface area (Å²) in [4.78, 5) is 13.4. The average molecular weight is 394 g/mol. The molecule has 0 atom stereocenters. The number of fused-ring (bicyclic) bond motifs is 2. The molecular formula is C17H16ClN3O4S. The van der Waals surface area contributed by atoms with Crippen LogP contribution in [0.2, 0.25) is 5.02 Å². The standard InChI is InChI=1S/C17H16ClN3O4S/c1-20-6-7-21(14-5-3-2-4-13(14)20)26(23,24)16-9-15-12(8-11(16)18)19-17(22)10-25-15/h2-5,8-9H,6-7,10H2,1H3,(H,19,22). The number of hydrogen-bond donors (Lipinski definition) is 1. The van der Waals surface area contributed by atoms with Crippen LogP contribution in [-0.2, 0) is 14.8 Å². The summed E-state index contributed by atoms with van der Waals surface area (Å²) in [5.41, 5.74) is 1.80. The van der Waals surface area contributed by atoms with Gasteiger partial charge >= 0.3 is 0 Å². The Hall–Kier alpha value is -2.45. The molecule has 2 aliphatic rings. The Morgan fingerprint density at radius 2 is 1.88 bits per heavy atom. The lowest BCUT2D eigenvalue weighted by Gasteiger charge is -2.36. The Balaban J connectivity index is 1.81. The molecule has 7 nitrogen and oxygen atoms in total. The number of nitrogens with zero attached hydrogens (tertiary/aromatic N) is 2. The van der Waals surface area contributed by atoms with E-state index in [4.69, 9.17) is 16.3 Å². The Morgan fingerprint density at radius 1 is 1.15 bits per heavy atom. The molecule has 0 aliphatic carbocycles. The molecule has 2 aliphatic heterocycles. The summed E-state index contributed by atoms with van der Waals surface area (Å²) in [6, 6.07) is 10.1. The maximum absolute atomic E-state index is 13.3. The number of carbonyl (C=O) groups is 1. The lowest BCUT2D eigenvalue weighted by Crippen LogP contribution is -2.42. The summed E-state index contributed by atoms with van der Waals surface area (Å²) < 4.78 is 33.3. The van der Waals surface area contributed by atoms with Gasteiger partial charge in [0.1, 0.15) is 10.6 Å². The molecule has 2 aromatic carbocycles. The van der Waals surface area contributed by atoms with E-state index in [-0.39, 0.29) is 28.2 Å². The van der Waals surface area contributed by atoms with E-state index in [0.717, 1.165) is 5.69 Å². The average Bonchev–Trinajstić information content (AvgIpc) is 2.61. The largest absolute Gasteiger partial charge is 0.482 e. The van der Waals surface area contributed by atoms with Crippen molar-refractivity contribution in [2.24, 2.45) is 0 Å². The number of likely N-dealkylation sites (N-methyl/N-ethyl adjacent to an activating group) is 1. The molecule has 0 bridgehead atoms. The highest BCUT2D eigenvalue weighted by atomic mass is 35.5. The van der Waals surface area contributed by atoms with E-state index in [1.54, 1.807) is 12.1 Å². The lowest BCUT2D eigenvalue weighted by molar-refractivity contribution is -0.118. The first-order valence-corrected chi connectivity index (χ1v) is 9.79. The van der Waals surface area contributed by atoms with E-state index in [1.165, 1.54) is 16.4 Å². The van der Waals surface area contributed by atoms with Gasteiger partial charge in [0.05, 0.1) is 28.6 Å². The van der Waals surface area contributed by atoms with Crippen LogP contribution in [0, 0.1) is 0 Å². The molecule has 1 amide bonds. The van der Waals surface area contributed by atoms with Crippen molar-refractivity contribution in [2.45, 2.75) is 4.90 Å². The molecule has 0 radical (unpaired) electrons. The molecule has 0 saturated heterocycles. The Kier molecular flexibility index (Phi) is 3.96. The van der Waals surface area contributed by atoms with Gasteiger partial charge in [0.2, 0.25) is 0 Å². The van der Waals surface area contributed by atoms with E-state index in [1.807, 2.05) is 24.1 Å². The third-order valence-corrected chi connectivity index (χ3v) is 6.71. The fourth-order valence-electron chi connectivity index (χ4n) is 3.13. The van der Waals surface area contributed by atoms with Crippen molar-refractivity contribution < 1.29 is 17.9 Å². The van der Waals surface area contributed by atoms with E-state index < -0.39 is 10.0 Å². The van der Waals surface area contributed by atoms with Crippen LogP contribution < -0.4 is 19.3 Å². The fourth-order valence-corrected chi connectivity index (χ4v) is 5.12. The molecule has 0 spiro atoms. The molecule has 2 heterocycles. The monoisotopic (exact) mass is 393 g/mol. The molecule has 0 unspecified atom stereocenters. The van der Waals surface area contributed by atoms with Crippen LogP contribution >= 0.6 is 11.6 Å². The number of halogens is 1. The SMILES string of the molecule is CN1CCN(S(=O)(=O)c2cc3c(cc2Cl)NC(=O)CO3)c2ccccc21. The van der Waals surface area contributed by atoms with Gasteiger partial charge < -0.3 is 15.0 Å². The van der Waals surface area contributed by atoms with Crippen molar-refractivity contribution in [1.82, 2.24) is 0 Å². The van der Waals surface area contributed by atoms with Gasteiger partial charge in [-0.1, -0.05) is 23.7 Å². The zero-order valence-corrected chi connectivity index (χ0v) is 15.5. The number of amides is 1. The first kappa shape index (κ1) is 17.0. The maximum atomic E-state index is 13.3. The molecule has 26 heavy (non-hydrogen) atoms. The van der Waals surface area contributed by atoms with Crippen molar-refractivity contribution in [3.05, 3.63) is 41.4 Å². The Morgan fingerprint density at radius 3 is 2.65 bits per heavy atom. The highest BCUT2D eigenvalue weighted by Gasteiger charge is 2.33. The number of benzene rings is 2. The quantitative estimate of drug-likeness (QED) is 0.847. The topological polar surface area (TPSA) is 79.0 Å². The van der Waals surface area contributed by atoms with Gasteiger partial charge in [0.25, 0.3) is 15.9 Å². The molecule has 9 heteroatoms. The Labute approximate surface area is 156 Å². The number of sulfonamides is 1. The molecule has 0 fully saturated rings. The molecule has 136 valence electrons. The number of anilines is 3. The summed E-state index contributed by atoms with van der Waals surface area (Å²) in [7, 11) is -1.97. The highest BCUT2D eigenvalue weighted by molar-refractivity contribution is 7.93. The normalized spacial score (nSPS) is 16.5. The van der Waals surface area contributed by atoms with Crippen molar-refractivity contribution in [3.63, 3.8) is 0 Å². The zero-order valence-electron chi connectivity index (χ0n) is 13.9. The molecular weight excluding hydrogens is 378 g/mol. The number of rotatable bonds is 2. The van der Waals surface area contributed by atoms with Crippen LogP contribution in [-0.4, -0.2) is 41.1 Å². The number of hydrogen-bond acceptors (Lipinski definition) is 5. The van der Waals surface area contributed by atoms with Crippen molar-refractivity contribution in [1.29, 1.82) is 0 Å². The van der Waals surface area contributed by atoms with Crippen LogP contribution in [0.4, 0.5) is 17.1 Å². The van der Waals surface area contributed by atoms with Crippen LogP contribution in [0.1, 0.15) is 0 Å². The van der Waals surface area contributed by atoms with Crippen molar-refractivity contribution in [3.8, 4) is 5.75 Å². The van der Waals surface area contributed by atoms with Crippen LogP contribution in [0.25, 0.3) is 0 Å². The number of ether oxygens (including phenoxy) is 1. The molecule has 2 aromatic rings. The van der Waals surface area contributed by atoms with E-state index in [2.05, 4.69) is 5.32 Å². The van der Waals surface area contributed by atoms with Crippen LogP contribution in [0.3, 0.4) is 0 Å². The second kappa shape index (κ2) is 6.07. The number of para-hydroxylation sites is 2. The van der Waals surface area contributed by atoms with Gasteiger partial charge in [-0.3, -0.25) is 9.10 Å². The smallest absolute Gasteiger partial charge is 0.266 e. The van der Waals surface area contributed by atoms with Crippen LogP contribution in [0.15, 0.2) is 41.3 Å². The number of nitrogens with one attached hydrogen (secondary N) is 1. The fraction of sp³-hybridized carbons (Fsp3) is 0.235. The van der Waals surface area contributed by atoms with Gasteiger partial charge in [-0.05, 0) is 18.2 Å². The third kappa shape index (κ3) is 2.65. The summed E-state index contributed by atoms with van der Waals surface area (Å²) in [6.45, 7) is 0.706. The molecule has 0 saturated carbocycles. The highest BCUT2D eigenvalue weighted by Crippen LogP contribution is 2.40. The zero-order chi connectivity index (χ0) is 18.5. The van der Waals surface area contributed by atoms with Gasteiger partial charge in [-0.15, -0.1) is 0 Å². The van der Waals surface area contributed by atoms with Gasteiger partial charge in [-0.2, -0.15) is 0 Å². The first-order valence-electron chi connectivity index (χ1n) is 7.97. The third-order valence-electron chi connectivity index (χ3n) is 4.44. The Bertz CT molecular complexity index is 1010. The second-order valence-electron chi connectivity index (χ2n) is 6.10. The summed E-state index contributed by atoms with van der Waals surface area (Å²) in [5, 5.41) is 2.65. The van der Waals surface area contributed by atoms with E-state index in [0.29, 0.717) is 24.5 Å². The predicted molar refractivity (Wildman–Crippen MR) is 99.8 cm³/mol. The molecule has 0 aromatic heterocycles. The van der Waals surface area contributed by atoms with Crippen LogP contribution in [0.5, 0.6) is 5.75 Å². The second-order valence-corrected chi connectivity index (χ2v) is 8.34. The van der Waals surface area contributed by atoms with Gasteiger partial charge in [0.15, 0.2) is 6.61 Å². The van der Waals surface area contributed by atoms with E-state index >= 15 is 0 Å². The minimum Gasteiger partial charge on any atom is -0.482 e. The molecule has 4 rings (SSSR count). The first-order chi connectivity index (χ1) is 12.4.